The van der Waals surface area contributed by atoms with E-state index in [1.54, 1.807) is 18.2 Å². The number of para-hydroxylation sites is 2. The van der Waals surface area contributed by atoms with Crippen LogP contribution in [0.5, 0.6) is 5.75 Å². The van der Waals surface area contributed by atoms with Crippen LogP contribution in [0.4, 0.5) is 5.69 Å². The smallest absolute Gasteiger partial charge is 0.294 e. The van der Waals surface area contributed by atoms with Crippen molar-refractivity contribution >= 4 is 23.6 Å². The molecule has 4 rings (SSSR count). The molecule has 0 aromatic heterocycles. The van der Waals surface area contributed by atoms with E-state index >= 15 is 0 Å². The fraction of sp³-hybridized carbons (Fsp3) is 0.120. The molecule has 30 heavy (non-hydrogen) atoms. The topological polar surface area (TPSA) is 58.6 Å². The van der Waals surface area contributed by atoms with Crippen molar-refractivity contribution < 1.29 is 14.3 Å². The van der Waals surface area contributed by atoms with Crippen LogP contribution in [-0.2, 0) is 9.59 Å². The molecular weight excluding hydrogens is 376 g/mol. The van der Waals surface area contributed by atoms with Crippen LogP contribution in [0.2, 0.25) is 0 Å². The minimum atomic E-state index is -0.347. The van der Waals surface area contributed by atoms with Crippen LogP contribution in [0.25, 0.3) is 6.08 Å². The molecule has 0 saturated carbocycles. The summed E-state index contributed by atoms with van der Waals surface area (Å²) in [6, 6.07) is 26.3. The Kier molecular flexibility index (Phi) is 5.61. The second-order valence-electron chi connectivity index (χ2n) is 7.08. The van der Waals surface area contributed by atoms with E-state index in [4.69, 9.17) is 4.74 Å². The predicted octanol–water partition coefficient (Wildman–Crippen LogP) is 4.33. The van der Waals surface area contributed by atoms with Crippen molar-refractivity contribution in [3.63, 3.8) is 0 Å². The summed E-state index contributed by atoms with van der Waals surface area (Å²) in [5, 5.41) is 2.97. The van der Waals surface area contributed by atoms with Crippen molar-refractivity contribution in [2.75, 3.05) is 11.4 Å². The van der Waals surface area contributed by atoms with Crippen LogP contribution in [-0.4, -0.2) is 18.4 Å². The SMILES string of the molecule is CC(NC(=O)CN1C(=O)/C(=C\c2ccccc2)Oc2ccccc21)c1ccccc1. The van der Waals surface area contributed by atoms with Crippen LogP contribution in [0, 0.1) is 0 Å². The van der Waals surface area contributed by atoms with Gasteiger partial charge in [0, 0.05) is 0 Å². The van der Waals surface area contributed by atoms with E-state index in [1.165, 1.54) is 4.90 Å². The molecule has 150 valence electrons. The zero-order valence-electron chi connectivity index (χ0n) is 16.6. The Hall–Kier alpha value is -3.86. The standard InChI is InChI=1S/C25H22N2O3/c1-18(20-12-6-3-7-13-20)26-24(28)17-27-21-14-8-9-15-22(21)30-23(25(27)29)16-19-10-4-2-5-11-19/h2-16,18H,17H2,1H3,(H,26,28)/b23-16+. The number of rotatable bonds is 5. The minimum absolute atomic E-state index is 0.0947. The average Bonchev–Trinajstić information content (AvgIpc) is 2.78. The van der Waals surface area contributed by atoms with Gasteiger partial charge in [-0.3, -0.25) is 14.5 Å². The summed E-state index contributed by atoms with van der Waals surface area (Å²) in [4.78, 5) is 27.3. The zero-order chi connectivity index (χ0) is 20.9. The predicted molar refractivity (Wildman–Crippen MR) is 117 cm³/mol. The number of anilines is 1. The number of fused-ring (bicyclic) bond motifs is 1. The van der Waals surface area contributed by atoms with Gasteiger partial charge in [0.15, 0.2) is 11.5 Å². The lowest BCUT2D eigenvalue weighted by Gasteiger charge is -2.30. The van der Waals surface area contributed by atoms with Crippen molar-refractivity contribution in [2.45, 2.75) is 13.0 Å². The van der Waals surface area contributed by atoms with E-state index in [-0.39, 0.29) is 30.2 Å². The van der Waals surface area contributed by atoms with Gasteiger partial charge in [0.2, 0.25) is 5.91 Å². The summed E-state index contributed by atoms with van der Waals surface area (Å²) in [7, 11) is 0. The highest BCUT2D eigenvalue weighted by Crippen LogP contribution is 2.35. The third-order valence-corrected chi connectivity index (χ3v) is 4.91. The van der Waals surface area contributed by atoms with E-state index in [0.717, 1.165) is 11.1 Å². The van der Waals surface area contributed by atoms with Gasteiger partial charge in [0.1, 0.15) is 6.54 Å². The number of carbonyl (C=O) groups is 2. The number of benzene rings is 3. The highest BCUT2D eigenvalue weighted by Gasteiger charge is 2.31. The summed E-state index contributed by atoms with van der Waals surface area (Å²) < 4.78 is 5.85. The molecule has 3 aromatic carbocycles. The zero-order valence-corrected chi connectivity index (χ0v) is 16.6. The molecule has 0 saturated heterocycles. The van der Waals surface area contributed by atoms with Gasteiger partial charge >= 0.3 is 0 Å². The number of hydrogen-bond donors (Lipinski definition) is 1. The molecule has 1 N–H and O–H groups in total. The molecule has 1 heterocycles. The van der Waals surface area contributed by atoms with Crippen LogP contribution >= 0.6 is 0 Å². The van der Waals surface area contributed by atoms with Crippen molar-refractivity contribution in [1.29, 1.82) is 0 Å². The number of ether oxygens (including phenoxy) is 1. The Morgan fingerprint density at radius 1 is 0.967 bits per heavy atom. The Bertz CT molecular complexity index is 1080. The fourth-order valence-corrected chi connectivity index (χ4v) is 3.38. The van der Waals surface area contributed by atoms with Crippen molar-refractivity contribution in [1.82, 2.24) is 5.32 Å². The van der Waals surface area contributed by atoms with E-state index in [1.807, 2.05) is 79.7 Å². The van der Waals surface area contributed by atoms with Gasteiger partial charge in [-0.25, -0.2) is 0 Å². The van der Waals surface area contributed by atoms with Gasteiger partial charge in [-0.05, 0) is 36.3 Å². The summed E-state index contributed by atoms with van der Waals surface area (Å²) in [6.07, 6.45) is 1.69. The van der Waals surface area contributed by atoms with Crippen molar-refractivity contribution in [3.05, 3.63) is 102 Å². The Morgan fingerprint density at radius 3 is 2.33 bits per heavy atom. The van der Waals surface area contributed by atoms with Gasteiger partial charge in [-0.15, -0.1) is 0 Å². The van der Waals surface area contributed by atoms with Crippen LogP contribution < -0.4 is 15.0 Å². The highest BCUT2D eigenvalue weighted by atomic mass is 16.5. The molecule has 1 unspecified atom stereocenters. The number of nitrogens with zero attached hydrogens (tertiary/aromatic N) is 1. The quantitative estimate of drug-likeness (QED) is 0.651. The van der Waals surface area contributed by atoms with Gasteiger partial charge in [-0.2, -0.15) is 0 Å². The third-order valence-electron chi connectivity index (χ3n) is 4.91. The Labute approximate surface area is 175 Å². The van der Waals surface area contributed by atoms with Crippen molar-refractivity contribution in [2.24, 2.45) is 0 Å². The van der Waals surface area contributed by atoms with Crippen LogP contribution in [0.15, 0.2) is 90.7 Å². The number of nitrogens with one attached hydrogen (secondary N) is 1. The summed E-state index contributed by atoms with van der Waals surface area (Å²) >= 11 is 0. The average molecular weight is 398 g/mol. The minimum Gasteiger partial charge on any atom is -0.449 e. The molecule has 0 spiro atoms. The molecule has 2 amide bonds. The van der Waals surface area contributed by atoms with E-state index in [0.29, 0.717) is 11.4 Å². The van der Waals surface area contributed by atoms with Gasteiger partial charge in [-0.1, -0.05) is 72.8 Å². The van der Waals surface area contributed by atoms with E-state index < -0.39 is 0 Å². The Balaban J connectivity index is 1.57. The first-order valence-electron chi connectivity index (χ1n) is 9.81. The maximum Gasteiger partial charge on any atom is 0.294 e. The second-order valence-corrected chi connectivity index (χ2v) is 7.08. The van der Waals surface area contributed by atoms with Crippen LogP contribution in [0.3, 0.4) is 0 Å². The third kappa shape index (κ3) is 4.25. The number of carbonyl (C=O) groups excluding carboxylic acids is 2. The first-order chi connectivity index (χ1) is 14.6. The summed E-state index contributed by atoms with van der Waals surface area (Å²) in [6.45, 7) is 1.82. The lowest BCUT2D eigenvalue weighted by Crippen LogP contribution is -2.44. The molecule has 0 aliphatic carbocycles. The monoisotopic (exact) mass is 398 g/mol. The number of hydrogen-bond acceptors (Lipinski definition) is 3. The summed E-state index contributed by atoms with van der Waals surface area (Å²) in [5.74, 6) is 0.141. The molecule has 5 nitrogen and oxygen atoms in total. The normalized spacial score (nSPS) is 15.3. The number of amides is 2. The summed E-state index contributed by atoms with van der Waals surface area (Å²) in [5.41, 5.74) is 2.43. The van der Waals surface area contributed by atoms with Crippen molar-refractivity contribution in [3.8, 4) is 5.75 Å². The molecule has 1 aliphatic heterocycles. The molecule has 0 fully saturated rings. The molecule has 0 radical (unpaired) electrons. The molecule has 3 aromatic rings. The van der Waals surface area contributed by atoms with Gasteiger partial charge < -0.3 is 10.1 Å². The van der Waals surface area contributed by atoms with Gasteiger partial charge in [0.25, 0.3) is 5.91 Å². The fourth-order valence-electron chi connectivity index (χ4n) is 3.38. The Morgan fingerprint density at radius 2 is 1.60 bits per heavy atom. The van der Waals surface area contributed by atoms with Gasteiger partial charge in [0.05, 0.1) is 11.7 Å². The first kappa shape index (κ1) is 19.5. The largest absolute Gasteiger partial charge is 0.449 e. The lowest BCUT2D eigenvalue weighted by atomic mass is 10.1. The molecule has 1 aliphatic rings. The maximum absolute atomic E-state index is 13.1. The van der Waals surface area contributed by atoms with E-state index in [9.17, 15) is 9.59 Å². The molecular formula is C25H22N2O3. The lowest BCUT2D eigenvalue weighted by molar-refractivity contribution is -0.123. The maximum atomic E-state index is 13.1. The first-order valence-corrected chi connectivity index (χ1v) is 9.81. The molecule has 0 bridgehead atoms. The highest BCUT2D eigenvalue weighted by molar-refractivity contribution is 6.12. The second kappa shape index (κ2) is 8.66. The van der Waals surface area contributed by atoms with Crippen LogP contribution in [0.1, 0.15) is 24.1 Å². The molecule has 1 atom stereocenters. The van der Waals surface area contributed by atoms with E-state index in [2.05, 4.69) is 5.32 Å². The molecule has 5 heteroatoms.